The Balaban J connectivity index is 1.48. The van der Waals surface area contributed by atoms with E-state index in [0.717, 1.165) is 17.4 Å². The summed E-state index contributed by atoms with van der Waals surface area (Å²) in [5.41, 5.74) is 4.25. The van der Waals surface area contributed by atoms with Crippen molar-refractivity contribution in [2.75, 3.05) is 20.8 Å². The van der Waals surface area contributed by atoms with Gasteiger partial charge < -0.3 is 14.5 Å². The molecular formula is C29H27FN6O3. The Hall–Kier alpha value is -4.57. The molecule has 0 spiro atoms. The number of halogens is 1. The van der Waals surface area contributed by atoms with Crippen LogP contribution in [0.4, 0.5) is 4.39 Å². The van der Waals surface area contributed by atoms with Crippen LogP contribution < -0.4 is 15.0 Å². The van der Waals surface area contributed by atoms with Crippen molar-refractivity contribution < 1.29 is 13.9 Å². The number of nitrogens with zero attached hydrogens (tertiary/aromatic N) is 5. The third-order valence-electron chi connectivity index (χ3n) is 7.25. The summed E-state index contributed by atoms with van der Waals surface area (Å²) in [4.78, 5) is 18.9. The van der Waals surface area contributed by atoms with Crippen LogP contribution in [0.5, 0.6) is 11.5 Å². The number of rotatable bonds is 7. The molecule has 0 unspecified atom stereocenters. The maximum atomic E-state index is 13.6. The molecule has 0 radical (unpaired) electrons. The molecule has 6 rings (SSSR count). The molecule has 0 saturated heterocycles. The Morgan fingerprint density at radius 3 is 2.51 bits per heavy atom. The van der Waals surface area contributed by atoms with Crippen LogP contribution in [-0.2, 0) is 19.5 Å². The molecule has 3 heterocycles. The Morgan fingerprint density at radius 1 is 1.00 bits per heavy atom. The topological polar surface area (TPSA) is 98.2 Å². The van der Waals surface area contributed by atoms with E-state index < -0.39 is 6.04 Å². The number of methoxy groups -OCH3 is 2. The summed E-state index contributed by atoms with van der Waals surface area (Å²) in [5, 5.41) is 13.4. The van der Waals surface area contributed by atoms with Gasteiger partial charge in [0.25, 0.3) is 5.56 Å². The lowest BCUT2D eigenvalue weighted by Crippen LogP contribution is -2.38. The number of aromatic amines is 1. The lowest BCUT2D eigenvalue weighted by atomic mass is 9.96. The number of hydrogen-bond acceptors (Lipinski definition) is 7. The fraction of sp³-hybridized carbons (Fsp3) is 0.241. The summed E-state index contributed by atoms with van der Waals surface area (Å²) in [6, 6.07) is 19.5. The van der Waals surface area contributed by atoms with Gasteiger partial charge in [0.05, 0.1) is 26.3 Å². The molecule has 2 aromatic heterocycles. The Bertz CT molecular complexity index is 1700. The minimum atomic E-state index is -0.532. The predicted octanol–water partition coefficient (Wildman–Crippen LogP) is 3.87. The highest BCUT2D eigenvalue weighted by atomic mass is 19.1. The molecule has 3 aromatic carbocycles. The number of fused-ring (bicyclic) bond motifs is 2. The van der Waals surface area contributed by atoms with E-state index in [1.54, 1.807) is 37.1 Å². The van der Waals surface area contributed by atoms with Gasteiger partial charge in [0.15, 0.2) is 17.3 Å². The predicted molar refractivity (Wildman–Crippen MR) is 143 cm³/mol. The average molecular weight is 527 g/mol. The average Bonchev–Trinajstić information content (AvgIpc) is 3.41. The summed E-state index contributed by atoms with van der Waals surface area (Å²) < 4.78 is 26.1. The number of nitrogens with one attached hydrogen (secondary N) is 1. The largest absolute Gasteiger partial charge is 0.493 e. The first-order valence-electron chi connectivity index (χ1n) is 12.6. The maximum absolute atomic E-state index is 13.6. The highest BCUT2D eigenvalue weighted by molar-refractivity contribution is 5.83. The Kier molecular flexibility index (Phi) is 6.54. The van der Waals surface area contributed by atoms with E-state index in [4.69, 9.17) is 9.47 Å². The van der Waals surface area contributed by atoms with E-state index in [-0.39, 0.29) is 11.4 Å². The molecule has 0 saturated carbocycles. The first-order valence-corrected chi connectivity index (χ1v) is 12.6. The van der Waals surface area contributed by atoms with E-state index in [1.165, 1.54) is 23.3 Å². The van der Waals surface area contributed by atoms with Gasteiger partial charge in [-0.3, -0.25) is 9.69 Å². The van der Waals surface area contributed by atoms with Crippen molar-refractivity contribution in [3.63, 3.8) is 0 Å². The smallest absolute Gasteiger partial charge is 0.253 e. The molecule has 1 aliphatic rings. The fourth-order valence-electron chi connectivity index (χ4n) is 5.27. The minimum Gasteiger partial charge on any atom is -0.493 e. The number of aromatic nitrogens is 5. The van der Waals surface area contributed by atoms with Crippen LogP contribution in [-0.4, -0.2) is 50.9 Å². The van der Waals surface area contributed by atoms with Crippen molar-refractivity contribution in [3.05, 3.63) is 111 Å². The lowest BCUT2D eigenvalue weighted by Gasteiger charge is -2.34. The van der Waals surface area contributed by atoms with Gasteiger partial charge >= 0.3 is 0 Å². The molecule has 1 atom stereocenters. The number of pyridine rings is 1. The van der Waals surface area contributed by atoms with Gasteiger partial charge in [-0.1, -0.05) is 36.4 Å². The van der Waals surface area contributed by atoms with Gasteiger partial charge in [-0.2, -0.15) is 0 Å². The second-order valence-corrected chi connectivity index (χ2v) is 9.56. The minimum absolute atomic E-state index is 0.241. The van der Waals surface area contributed by atoms with Gasteiger partial charge in [0.1, 0.15) is 11.9 Å². The molecule has 198 valence electrons. The first-order chi connectivity index (χ1) is 19.0. The summed E-state index contributed by atoms with van der Waals surface area (Å²) in [6.07, 6.45) is 0.836. The molecule has 5 aromatic rings. The zero-order valence-corrected chi connectivity index (χ0v) is 21.6. The summed E-state index contributed by atoms with van der Waals surface area (Å²) in [7, 11) is 3.13. The van der Waals surface area contributed by atoms with Crippen molar-refractivity contribution in [1.82, 2.24) is 30.1 Å². The highest BCUT2D eigenvalue weighted by Gasteiger charge is 2.32. The van der Waals surface area contributed by atoms with Crippen LogP contribution in [0.2, 0.25) is 0 Å². The number of ether oxygens (including phenoxy) is 2. The quantitative estimate of drug-likeness (QED) is 0.344. The maximum Gasteiger partial charge on any atom is 0.253 e. The molecular weight excluding hydrogens is 499 g/mol. The van der Waals surface area contributed by atoms with Crippen molar-refractivity contribution in [2.24, 2.45) is 0 Å². The fourth-order valence-corrected chi connectivity index (χ4v) is 5.27. The number of benzene rings is 3. The summed E-state index contributed by atoms with van der Waals surface area (Å²) in [5.74, 6) is 1.31. The number of H-pyrrole nitrogens is 1. The molecule has 1 aliphatic heterocycles. The molecule has 10 heteroatoms. The molecule has 0 bridgehead atoms. The zero-order valence-electron chi connectivity index (χ0n) is 21.6. The van der Waals surface area contributed by atoms with E-state index in [9.17, 15) is 9.18 Å². The van der Waals surface area contributed by atoms with Crippen LogP contribution in [0.3, 0.4) is 0 Å². The third kappa shape index (κ3) is 4.74. The van der Waals surface area contributed by atoms with E-state index in [1.807, 2.05) is 24.3 Å². The van der Waals surface area contributed by atoms with E-state index in [2.05, 4.69) is 37.5 Å². The van der Waals surface area contributed by atoms with Crippen molar-refractivity contribution in [2.45, 2.75) is 25.6 Å². The second-order valence-electron chi connectivity index (χ2n) is 9.56. The van der Waals surface area contributed by atoms with Crippen LogP contribution in [0.25, 0.3) is 10.9 Å². The first kappa shape index (κ1) is 24.7. The van der Waals surface area contributed by atoms with Crippen LogP contribution in [0.15, 0.2) is 71.5 Å². The summed E-state index contributed by atoms with van der Waals surface area (Å²) in [6.45, 7) is 1.68. The number of hydrogen-bond donors (Lipinski definition) is 1. The van der Waals surface area contributed by atoms with Gasteiger partial charge in [-0.05, 0) is 57.8 Å². The van der Waals surface area contributed by atoms with E-state index >= 15 is 0 Å². The van der Waals surface area contributed by atoms with Crippen LogP contribution >= 0.6 is 0 Å². The normalized spacial score (nSPS) is 14.2. The zero-order chi connectivity index (χ0) is 26.9. The SMILES string of the molecule is COc1cc2cc([C@@H](c3nnnn3Cc3ccc(F)cc3)N3CCc4ccccc4C3)c(=O)[nH]c2cc1OC. The second kappa shape index (κ2) is 10.3. The lowest BCUT2D eigenvalue weighted by molar-refractivity contribution is 0.194. The molecule has 39 heavy (non-hydrogen) atoms. The van der Waals surface area contributed by atoms with Crippen molar-refractivity contribution in [3.8, 4) is 11.5 Å². The molecule has 0 aliphatic carbocycles. The summed E-state index contributed by atoms with van der Waals surface area (Å²) >= 11 is 0. The van der Waals surface area contributed by atoms with Gasteiger partial charge in [0.2, 0.25) is 0 Å². The van der Waals surface area contributed by atoms with Gasteiger partial charge in [-0.15, -0.1) is 5.10 Å². The molecule has 1 N–H and O–H groups in total. The monoisotopic (exact) mass is 526 g/mol. The standard InChI is InChI=1S/C29H27FN6O3/c1-38-25-14-21-13-23(29(37)31-24(21)15-26(25)39-2)27(35-12-11-19-5-3-4-6-20(19)17-35)28-32-33-34-36(28)16-18-7-9-22(30)10-8-18/h3-10,13-15,27H,11-12,16-17H2,1-2H3,(H,31,37)/t27-/m0/s1. The van der Waals surface area contributed by atoms with Crippen LogP contribution in [0, 0.1) is 5.82 Å². The van der Waals surface area contributed by atoms with Crippen molar-refractivity contribution >= 4 is 10.9 Å². The van der Waals surface area contributed by atoms with Crippen molar-refractivity contribution in [1.29, 1.82) is 0 Å². The van der Waals surface area contributed by atoms with Gasteiger partial charge in [0, 0.05) is 30.1 Å². The van der Waals surface area contributed by atoms with E-state index in [0.29, 0.717) is 48.0 Å². The third-order valence-corrected chi connectivity index (χ3v) is 7.25. The highest BCUT2D eigenvalue weighted by Crippen LogP contribution is 2.35. The van der Waals surface area contributed by atoms with Crippen LogP contribution in [0.1, 0.15) is 34.1 Å². The molecule has 0 fully saturated rings. The number of tetrazole rings is 1. The Labute approximate surface area is 223 Å². The molecule has 0 amide bonds. The van der Waals surface area contributed by atoms with Gasteiger partial charge in [-0.25, -0.2) is 9.07 Å². The molecule has 9 nitrogen and oxygen atoms in total. The Morgan fingerprint density at radius 2 is 1.74 bits per heavy atom.